The van der Waals surface area contributed by atoms with Gasteiger partial charge in [0.05, 0.1) is 19.8 Å². The van der Waals surface area contributed by atoms with Crippen LogP contribution in [0.25, 0.3) is 0 Å². The maximum absolute atomic E-state index is 14.1. The number of hydrogen-bond acceptors (Lipinski definition) is 12. The van der Waals surface area contributed by atoms with Crippen LogP contribution in [0.3, 0.4) is 0 Å². The molecule has 0 unspecified atom stereocenters. The van der Waals surface area contributed by atoms with Crippen LogP contribution in [0, 0.1) is 0 Å². The lowest BCUT2D eigenvalue weighted by atomic mass is 10.0. The summed E-state index contributed by atoms with van der Waals surface area (Å²) in [6, 6.07) is 0. The fraction of sp³-hybridized carbons (Fsp3) is 1.00. The van der Waals surface area contributed by atoms with Gasteiger partial charge in [-0.2, -0.15) is 0 Å². The number of aliphatic hydroxyl groups excluding tert-OH is 7. The number of ether oxygens (including phenoxy) is 5. The predicted molar refractivity (Wildman–Crippen MR) is 82.1 cm³/mol. The van der Waals surface area contributed by atoms with Crippen LogP contribution in [-0.4, -0.2) is 129 Å². The Morgan fingerprint density at radius 2 is 1.11 bits per heavy atom. The molecule has 3 fully saturated rings. The van der Waals surface area contributed by atoms with Crippen LogP contribution in [0.5, 0.6) is 0 Å². The van der Waals surface area contributed by atoms with Crippen LogP contribution < -0.4 is 0 Å². The zero-order valence-electron chi connectivity index (χ0n) is 14.6. The summed E-state index contributed by atoms with van der Waals surface area (Å²) in [6.07, 6.45) is -19.1. The largest absolute Gasteiger partial charge is 0.388 e. The highest BCUT2D eigenvalue weighted by molar-refractivity contribution is 4.90. The Morgan fingerprint density at radius 3 is 1.79 bits per heavy atom. The van der Waals surface area contributed by atoms with Crippen molar-refractivity contribution < 1.29 is 63.8 Å². The first-order valence-electron chi connectivity index (χ1n) is 8.77. The van der Waals surface area contributed by atoms with Gasteiger partial charge in [-0.3, -0.25) is 0 Å². The van der Waals surface area contributed by atoms with Crippen molar-refractivity contribution in [2.75, 3.05) is 19.8 Å². The molecular formula is C15H25FO12. The summed E-state index contributed by atoms with van der Waals surface area (Å²) < 4.78 is 39.5. The molecule has 0 aromatic rings. The summed E-state index contributed by atoms with van der Waals surface area (Å²) in [6.45, 7) is -1.16. The number of hydrogen-bond donors (Lipinski definition) is 7. The number of aliphatic hydroxyl groups is 7. The quantitative estimate of drug-likeness (QED) is 0.232. The third kappa shape index (κ3) is 4.45. The number of halogens is 1. The molecule has 0 saturated carbocycles. The van der Waals surface area contributed by atoms with Gasteiger partial charge in [0, 0.05) is 0 Å². The third-order valence-electron chi connectivity index (χ3n) is 4.87. The topological polar surface area (TPSA) is 188 Å². The average molecular weight is 416 g/mol. The van der Waals surface area contributed by atoms with Crippen molar-refractivity contribution in [3.8, 4) is 0 Å². The molecule has 0 spiro atoms. The lowest BCUT2D eigenvalue weighted by molar-refractivity contribution is -0.351. The summed E-state index contributed by atoms with van der Waals surface area (Å²) >= 11 is 0. The Balaban J connectivity index is 1.64. The van der Waals surface area contributed by atoms with Crippen molar-refractivity contribution in [2.45, 2.75) is 73.9 Å². The van der Waals surface area contributed by atoms with Crippen molar-refractivity contribution in [1.29, 1.82) is 0 Å². The molecule has 0 aromatic heterocycles. The molecule has 0 aliphatic carbocycles. The monoisotopic (exact) mass is 416 g/mol. The molecule has 7 N–H and O–H groups in total. The Hall–Kier alpha value is -0.550. The summed E-state index contributed by atoms with van der Waals surface area (Å²) in [5, 5.41) is 68.8. The smallest absolute Gasteiger partial charge is 0.189 e. The van der Waals surface area contributed by atoms with Crippen molar-refractivity contribution in [2.24, 2.45) is 0 Å². The minimum absolute atomic E-state index is 0.353. The van der Waals surface area contributed by atoms with E-state index in [2.05, 4.69) is 4.74 Å². The fourth-order valence-electron chi connectivity index (χ4n) is 3.19. The first kappa shape index (κ1) is 22.1. The van der Waals surface area contributed by atoms with E-state index in [0.717, 1.165) is 0 Å². The molecule has 12 nitrogen and oxygen atoms in total. The minimum Gasteiger partial charge on any atom is -0.388 e. The van der Waals surface area contributed by atoms with Crippen molar-refractivity contribution in [1.82, 2.24) is 0 Å². The summed E-state index contributed by atoms with van der Waals surface area (Å²) in [4.78, 5) is 0. The Kier molecular flexibility index (Phi) is 7.18. The minimum atomic E-state index is -2.12. The van der Waals surface area contributed by atoms with Crippen molar-refractivity contribution in [3.05, 3.63) is 0 Å². The number of alkyl halides is 1. The van der Waals surface area contributed by atoms with Crippen molar-refractivity contribution in [3.63, 3.8) is 0 Å². The van der Waals surface area contributed by atoms with Gasteiger partial charge in [0.2, 0.25) is 0 Å². The Morgan fingerprint density at radius 1 is 0.607 bits per heavy atom. The molecule has 13 heteroatoms. The van der Waals surface area contributed by atoms with Crippen LogP contribution in [0.2, 0.25) is 0 Å². The normalized spacial score (nSPS) is 53.1. The average Bonchev–Trinajstić information content (AvgIpc) is 2.66. The van der Waals surface area contributed by atoms with E-state index in [0.29, 0.717) is 0 Å². The van der Waals surface area contributed by atoms with Crippen LogP contribution in [0.15, 0.2) is 0 Å². The van der Waals surface area contributed by atoms with Gasteiger partial charge >= 0.3 is 0 Å². The highest BCUT2D eigenvalue weighted by Gasteiger charge is 2.49. The Bertz CT molecular complexity index is 513. The van der Waals surface area contributed by atoms with Gasteiger partial charge in [0.1, 0.15) is 48.8 Å². The maximum Gasteiger partial charge on any atom is 0.189 e. The van der Waals surface area contributed by atoms with E-state index in [4.69, 9.17) is 18.9 Å². The summed E-state index contributed by atoms with van der Waals surface area (Å²) in [5.41, 5.74) is 0. The molecule has 0 radical (unpaired) electrons. The second-order valence-corrected chi connectivity index (χ2v) is 6.95. The van der Waals surface area contributed by atoms with E-state index in [-0.39, 0.29) is 6.61 Å². The van der Waals surface area contributed by atoms with Crippen LogP contribution in [0.4, 0.5) is 4.39 Å². The van der Waals surface area contributed by atoms with Gasteiger partial charge in [0.25, 0.3) is 0 Å². The van der Waals surface area contributed by atoms with Gasteiger partial charge < -0.3 is 59.4 Å². The number of rotatable bonds is 4. The molecule has 0 aromatic carbocycles. The van der Waals surface area contributed by atoms with Crippen LogP contribution >= 0.6 is 0 Å². The lowest BCUT2D eigenvalue weighted by Gasteiger charge is -2.43. The first-order chi connectivity index (χ1) is 13.2. The third-order valence-corrected chi connectivity index (χ3v) is 4.87. The van der Waals surface area contributed by atoms with Crippen molar-refractivity contribution >= 4 is 0 Å². The molecule has 0 bridgehead atoms. The highest BCUT2D eigenvalue weighted by atomic mass is 19.1. The standard InChI is InChI=1S/C15H25FO12/c16-7-11(5(18)2-24-13(7)23)27-15-10(22)12(6(19)3-26-15)28-14-9(21)8(20)4(17)1-25-14/h4-15,17-23H,1-3H2/t4-,5-,6-,7-,8+,9-,10-,11+,12+,13+,14+,15+/m1/s1. The molecule has 28 heavy (non-hydrogen) atoms. The van der Waals surface area contributed by atoms with E-state index < -0.39 is 87.1 Å². The molecule has 3 rings (SSSR count). The molecule has 3 aliphatic rings. The molecule has 3 aliphatic heterocycles. The van der Waals surface area contributed by atoms with Gasteiger partial charge in [-0.15, -0.1) is 0 Å². The molecular weight excluding hydrogens is 391 g/mol. The molecule has 0 amide bonds. The zero-order valence-corrected chi connectivity index (χ0v) is 14.6. The first-order valence-corrected chi connectivity index (χ1v) is 8.77. The van der Waals surface area contributed by atoms with E-state index in [1.807, 2.05) is 0 Å². The fourth-order valence-corrected chi connectivity index (χ4v) is 3.19. The molecule has 12 atom stereocenters. The SMILES string of the molecule is O[C@@H]1[C@@H](O)[C@H](O[C@@H]2[C@@H](O)[C@H](O[C@@H]3[C@@H](F)[C@@H](O)OC[C@H]3O)OC[C@H]2O)OC[C@H]1O. The van der Waals surface area contributed by atoms with E-state index in [1.54, 1.807) is 0 Å². The summed E-state index contributed by atoms with van der Waals surface area (Å²) in [5.74, 6) is 0. The van der Waals surface area contributed by atoms with E-state index >= 15 is 0 Å². The molecule has 3 saturated heterocycles. The lowest BCUT2D eigenvalue weighted by Crippen LogP contribution is -2.62. The summed E-state index contributed by atoms with van der Waals surface area (Å²) in [7, 11) is 0. The van der Waals surface area contributed by atoms with Crippen LogP contribution in [-0.2, 0) is 23.7 Å². The molecule has 164 valence electrons. The van der Waals surface area contributed by atoms with Gasteiger partial charge in [-0.25, -0.2) is 4.39 Å². The van der Waals surface area contributed by atoms with E-state index in [1.165, 1.54) is 0 Å². The molecule has 3 heterocycles. The van der Waals surface area contributed by atoms with Gasteiger partial charge in [-0.05, 0) is 0 Å². The van der Waals surface area contributed by atoms with Gasteiger partial charge in [-0.1, -0.05) is 0 Å². The zero-order chi connectivity index (χ0) is 20.6. The second kappa shape index (κ2) is 9.07. The van der Waals surface area contributed by atoms with Crippen LogP contribution in [0.1, 0.15) is 0 Å². The van der Waals surface area contributed by atoms with Gasteiger partial charge in [0.15, 0.2) is 25.0 Å². The van der Waals surface area contributed by atoms with E-state index in [9.17, 15) is 40.1 Å². The maximum atomic E-state index is 14.1. The predicted octanol–water partition coefficient (Wildman–Crippen LogP) is -4.68. The Labute approximate surface area is 158 Å². The second-order valence-electron chi connectivity index (χ2n) is 6.95. The highest BCUT2D eigenvalue weighted by Crippen LogP contribution is 2.28.